The molecule has 192 valence electrons. The summed E-state index contributed by atoms with van der Waals surface area (Å²) in [4.78, 5) is 47.1. The van der Waals surface area contributed by atoms with Crippen LogP contribution in [-0.2, 0) is 0 Å². The van der Waals surface area contributed by atoms with E-state index in [1.807, 2.05) is 28.7 Å². The zero-order chi connectivity index (χ0) is 25.3. The van der Waals surface area contributed by atoms with Crippen molar-refractivity contribution < 1.29 is 4.79 Å². The lowest BCUT2D eigenvalue weighted by atomic mass is 10.0. The maximum atomic E-state index is 13.8. The quantitative estimate of drug-likeness (QED) is 0.440. The molecule has 7 rings (SSSR count). The van der Waals surface area contributed by atoms with Crippen LogP contribution in [0.1, 0.15) is 23.2 Å². The van der Waals surface area contributed by atoms with E-state index in [9.17, 15) is 9.59 Å². The van der Waals surface area contributed by atoms with E-state index >= 15 is 0 Å². The van der Waals surface area contributed by atoms with Gasteiger partial charge in [-0.2, -0.15) is 4.98 Å². The monoisotopic (exact) mass is 500 g/mol. The summed E-state index contributed by atoms with van der Waals surface area (Å²) in [5.41, 5.74) is 2.53. The molecule has 0 saturated carbocycles. The van der Waals surface area contributed by atoms with Crippen LogP contribution in [0.3, 0.4) is 0 Å². The topological polar surface area (TPSA) is 102 Å². The van der Waals surface area contributed by atoms with E-state index in [-0.39, 0.29) is 22.9 Å². The first-order valence-corrected chi connectivity index (χ1v) is 13.2. The Kier molecular flexibility index (Phi) is 5.23. The molecule has 0 aliphatic carbocycles. The SMILES string of the molecule is CN1CCC(NC(=O)c2c(=O)c3cnc(N4C[C@H]5CN(C)C[C@H]5C4)nc3n3c2[nH]c2ccccc23)CC1. The molecule has 3 saturated heterocycles. The van der Waals surface area contributed by atoms with Gasteiger partial charge in [0, 0.05) is 38.4 Å². The Morgan fingerprint density at radius 3 is 2.51 bits per heavy atom. The van der Waals surface area contributed by atoms with Crippen LogP contribution in [0.25, 0.3) is 27.7 Å². The van der Waals surface area contributed by atoms with Gasteiger partial charge in [-0.1, -0.05) is 12.1 Å². The molecule has 1 aromatic carbocycles. The molecule has 0 bridgehead atoms. The minimum Gasteiger partial charge on any atom is -0.349 e. The van der Waals surface area contributed by atoms with Crippen molar-refractivity contribution in [3.05, 3.63) is 46.2 Å². The van der Waals surface area contributed by atoms with Crippen molar-refractivity contribution in [2.75, 3.05) is 58.3 Å². The molecule has 10 heteroatoms. The largest absolute Gasteiger partial charge is 0.349 e. The highest BCUT2D eigenvalue weighted by molar-refractivity contribution is 6.05. The number of rotatable bonds is 3. The number of benzene rings is 1. The number of para-hydroxylation sites is 2. The smallest absolute Gasteiger partial charge is 0.259 e. The maximum absolute atomic E-state index is 13.8. The average Bonchev–Trinajstić information content (AvgIpc) is 3.56. The number of fused-ring (bicyclic) bond motifs is 6. The Morgan fingerprint density at radius 2 is 1.76 bits per heavy atom. The van der Waals surface area contributed by atoms with Crippen molar-refractivity contribution in [2.24, 2.45) is 11.8 Å². The third kappa shape index (κ3) is 3.69. The fourth-order valence-electron chi connectivity index (χ4n) is 6.57. The first kappa shape index (κ1) is 22.7. The number of piperidine rings is 1. The van der Waals surface area contributed by atoms with Gasteiger partial charge in [-0.3, -0.25) is 14.0 Å². The molecule has 37 heavy (non-hydrogen) atoms. The van der Waals surface area contributed by atoms with Gasteiger partial charge >= 0.3 is 0 Å². The third-order valence-electron chi connectivity index (χ3n) is 8.53. The predicted molar refractivity (Wildman–Crippen MR) is 143 cm³/mol. The standard InChI is InChI=1S/C27H32N8O2/c1-32-9-7-18(8-10-32)29-26(37)22-23(36)19-11-28-27(34-14-16-12-33(2)13-17(16)15-34)31-24(19)35-21-6-4-3-5-20(21)30-25(22)35/h3-6,11,16-18,30H,7-10,12-15H2,1-2H3,(H,29,37)/t16-,17+. The number of H-pyrrole nitrogens is 1. The number of amides is 1. The number of imidazole rings is 1. The molecule has 2 atom stereocenters. The van der Waals surface area contributed by atoms with Gasteiger partial charge in [0.1, 0.15) is 11.2 Å². The van der Waals surface area contributed by atoms with Crippen LogP contribution in [0.2, 0.25) is 0 Å². The van der Waals surface area contributed by atoms with Crippen molar-refractivity contribution in [3.8, 4) is 0 Å². The lowest BCUT2D eigenvalue weighted by Crippen LogP contribution is -2.44. The van der Waals surface area contributed by atoms with Crippen LogP contribution in [0.5, 0.6) is 0 Å². The summed E-state index contributed by atoms with van der Waals surface area (Å²) in [5, 5.41) is 3.49. The lowest BCUT2D eigenvalue weighted by Gasteiger charge is -2.29. The molecule has 4 aromatic rings. The number of aromatic nitrogens is 4. The molecule has 0 unspecified atom stereocenters. The minimum absolute atomic E-state index is 0.0514. The normalized spacial score (nSPS) is 23.5. The van der Waals surface area contributed by atoms with E-state index in [1.54, 1.807) is 6.20 Å². The highest BCUT2D eigenvalue weighted by atomic mass is 16.2. The number of anilines is 1. The molecule has 2 N–H and O–H groups in total. The number of aromatic amines is 1. The van der Waals surface area contributed by atoms with Crippen LogP contribution >= 0.6 is 0 Å². The van der Waals surface area contributed by atoms with Crippen molar-refractivity contribution in [1.29, 1.82) is 0 Å². The molecule has 0 spiro atoms. The Balaban J connectivity index is 1.35. The van der Waals surface area contributed by atoms with Gasteiger partial charge in [-0.05, 0) is 64.0 Å². The van der Waals surface area contributed by atoms with Crippen LogP contribution in [0.4, 0.5) is 5.95 Å². The number of nitrogens with one attached hydrogen (secondary N) is 2. The number of pyridine rings is 1. The van der Waals surface area contributed by atoms with Crippen LogP contribution in [-0.4, -0.2) is 94.5 Å². The van der Waals surface area contributed by atoms with Crippen molar-refractivity contribution in [1.82, 2.24) is 34.5 Å². The second-order valence-electron chi connectivity index (χ2n) is 11.1. The number of likely N-dealkylation sites (tertiary alicyclic amines) is 2. The van der Waals surface area contributed by atoms with E-state index in [0.717, 1.165) is 63.1 Å². The van der Waals surface area contributed by atoms with Gasteiger partial charge in [-0.25, -0.2) is 4.98 Å². The fraction of sp³-hybridized carbons (Fsp3) is 0.481. The van der Waals surface area contributed by atoms with Gasteiger partial charge in [-0.15, -0.1) is 0 Å². The number of carbonyl (C=O) groups is 1. The number of carbonyl (C=O) groups excluding carboxylic acids is 1. The van der Waals surface area contributed by atoms with Crippen molar-refractivity contribution in [2.45, 2.75) is 18.9 Å². The molecular formula is C27H32N8O2. The molecule has 10 nitrogen and oxygen atoms in total. The van der Waals surface area contributed by atoms with E-state index in [0.29, 0.717) is 34.5 Å². The van der Waals surface area contributed by atoms with E-state index in [2.05, 4.69) is 44.1 Å². The van der Waals surface area contributed by atoms with Crippen LogP contribution < -0.4 is 15.6 Å². The zero-order valence-corrected chi connectivity index (χ0v) is 21.3. The fourth-order valence-corrected chi connectivity index (χ4v) is 6.57. The lowest BCUT2D eigenvalue weighted by molar-refractivity contribution is 0.0917. The van der Waals surface area contributed by atoms with Gasteiger partial charge in [0.25, 0.3) is 5.91 Å². The van der Waals surface area contributed by atoms with Crippen molar-refractivity contribution >= 4 is 39.6 Å². The molecule has 0 radical (unpaired) electrons. The van der Waals surface area contributed by atoms with Crippen LogP contribution in [0.15, 0.2) is 35.3 Å². The summed E-state index contributed by atoms with van der Waals surface area (Å²) in [6, 6.07) is 7.89. The van der Waals surface area contributed by atoms with Gasteiger partial charge in [0.15, 0.2) is 5.65 Å². The zero-order valence-electron chi connectivity index (χ0n) is 21.3. The Bertz CT molecular complexity index is 1570. The summed E-state index contributed by atoms with van der Waals surface area (Å²) in [7, 11) is 4.26. The highest BCUT2D eigenvalue weighted by Gasteiger charge is 2.39. The summed E-state index contributed by atoms with van der Waals surface area (Å²) in [6.45, 7) is 5.88. The average molecular weight is 501 g/mol. The van der Waals surface area contributed by atoms with Gasteiger partial charge < -0.3 is 25.0 Å². The molecule has 3 fully saturated rings. The number of hydrogen-bond acceptors (Lipinski definition) is 7. The maximum Gasteiger partial charge on any atom is 0.259 e. The summed E-state index contributed by atoms with van der Waals surface area (Å²) < 4.78 is 1.92. The van der Waals surface area contributed by atoms with Crippen LogP contribution in [0, 0.1) is 11.8 Å². The summed E-state index contributed by atoms with van der Waals surface area (Å²) in [6.07, 6.45) is 3.35. The summed E-state index contributed by atoms with van der Waals surface area (Å²) in [5.74, 6) is 1.54. The van der Waals surface area contributed by atoms with E-state index in [1.165, 1.54) is 0 Å². The Labute approximate surface area is 214 Å². The Morgan fingerprint density at radius 1 is 1.03 bits per heavy atom. The molecule has 1 amide bonds. The molecular weight excluding hydrogens is 468 g/mol. The predicted octanol–water partition coefficient (Wildman–Crippen LogP) is 1.55. The highest BCUT2D eigenvalue weighted by Crippen LogP contribution is 2.32. The first-order chi connectivity index (χ1) is 18.0. The molecule has 3 aromatic heterocycles. The Hall–Kier alpha value is -3.50. The second kappa shape index (κ2) is 8.53. The van der Waals surface area contributed by atoms with Gasteiger partial charge in [0.2, 0.25) is 11.4 Å². The number of nitrogens with zero attached hydrogens (tertiary/aromatic N) is 6. The van der Waals surface area contributed by atoms with Gasteiger partial charge in [0.05, 0.1) is 16.4 Å². The van der Waals surface area contributed by atoms with E-state index < -0.39 is 0 Å². The van der Waals surface area contributed by atoms with Crippen molar-refractivity contribution in [3.63, 3.8) is 0 Å². The first-order valence-electron chi connectivity index (χ1n) is 13.2. The third-order valence-corrected chi connectivity index (χ3v) is 8.53. The molecule has 6 heterocycles. The summed E-state index contributed by atoms with van der Waals surface area (Å²) >= 11 is 0. The second-order valence-corrected chi connectivity index (χ2v) is 11.1. The molecule has 3 aliphatic rings. The van der Waals surface area contributed by atoms with E-state index in [4.69, 9.17) is 4.98 Å². The molecule has 3 aliphatic heterocycles. The number of hydrogen-bond donors (Lipinski definition) is 2. The minimum atomic E-state index is -0.342.